The van der Waals surface area contributed by atoms with Gasteiger partial charge in [0.25, 0.3) is 5.91 Å². The minimum absolute atomic E-state index is 0.0716. The number of carbonyl (C=O) groups excluding carboxylic acids is 3. The van der Waals surface area contributed by atoms with Gasteiger partial charge in [-0.05, 0) is 18.1 Å². The summed E-state index contributed by atoms with van der Waals surface area (Å²) >= 11 is 0. The van der Waals surface area contributed by atoms with Gasteiger partial charge in [0.15, 0.2) is 0 Å². The van der Waals surface area contributed by atoms with Crippen molar-refractivity contribution in [3.63, 3.8) is 0 Å². The van der Waals surface area contributed by atoms with E-state index in [0.29, 0.717) is 19.6 Å². The van der Waals surface area contributed by atoms with Crippen LogP contribution in [-0.4, -0.2) is 60.6 Å². The van der Waals surface area contributed by atoms with Crippen LogP contribution >= 0.6 is 0 Å². The first-order chi connectivity index (χ1) is 12.6. The predicted molar refractivity (Wildman–Crippen MR) is 95.5 cm³/mol. The van der Waals surface area contributed by atoms with Crippen LogP contribution in [0.1, 0.15) is 12.0 Å². The minimum atomic E-state index is -0.812. The molecule has 0 radical (unpaired) electrons. The maximum Gasteiger partial charge on any atom is 0.324 e. The fraction of sp³-hybridized carbons (Fsp3) is 0.389. The van der Waals surface area contributed by atoms with E-state index in [0.717, 1.165) is 16.5 Å². The van der Waals surface area contributed by atoms with E-state index in [1.807, 2.05) is 30.5 Å². The number of nitrogens with one attached hydrogen (secondary N) is 3. The van der Waals surface area contributed by atoms with Crippen molar-refractivity contribution in [1.82, 2.24) is 20.5 Å². The van der Waals surface area contributed by atoms with Gasteiger partial charge in [-0.1, -0.05) is 18.2 Å². The van der Waals surface area contributed by atoms with E-state index >= 15 is 0 Å². The molecule has 1 aromatic heterocycles. The second-order valence-electron chi connectivity index (χ2n) is 6.15. The van der Waals surface area contributed by atoms with Crippen LogP contribution in [0, 0.1) is 0 Å². The molecule has 8 nitrogen and oxygen atoms in total. The lowest BCUT2D eigenvalue weighted by atomic mass is 10.1. The Labute approximate surface area is 150 Å². The molecular weight excluding hydrogens is 336 g/mol. The number of urea groups is 1. The first kappa shape index (κ1) is 17.9. The zero-order valence-electron chi connectivity index (χ0n) is 14.6. The number of para-hydroxylation sites is 1. The highest BCUT2D eigenvalue weighted by Gasteiger charge is 2.38. The number of aromatic amines is 1. The van der Waals surface area contributed by atoms with Crippen molar-refractivity contribution < 1.29 is 19.1 Å². The molecule has 8 heteroatoms. The van der Waals surface area contributed by atoms with Crippen molar-refractivity contribution in [3.8, 4) is 0 Å². The van der Waals surface area contributed by atoms with Gasteiger partial charge in [0.1, 0.15) is 6.04 Å². The Balaban J connectivity index is 1.56. The van der Waals surface area contributed by atoms with E-state index in [2.05, 4.69) is 15.6 Å². The lowest BCUT2D eigenvalue weighted by Gasteiger charge is -2.12. The maximum absolute atomic E-state index is 12.4. The van der Waals surface area contributed by atoms with E-state index in [4.69, 9.17) is 4.74 Å². The van der Waals surface area contributed by atoms with Gasteiger partial charge in [-0.15, -0.1) is 0 Å². The highest BCUT2D eigenvalue weighted by Crippen LogP contribution is 2.19. The quantitative estimate of drug-likeness (QED) is 0.479. The third kappa shape index (κ3) is 3.85. The molecule has 1 fully saturated rings. The Morgan fingerprint density at radius 3 is 2.92 bits per heavy atom. The third-order valence-electron chi connectivity index (χ3n) is 4.40. The van der Waals surface area contributed by atoms with Crippen LogP contribution in [0.4, 0.5) is 4.79 Å². The largest absolute Gasteiger partial charge is 0.383 e. The number of hydrogen-bond donors (Lipinski definition) is 3. The average molecular weight is 358 g/mol. The number of imide groups is 1. The maximum atomic E-state index is 12.4. The van der Waals surface area contributed by atoms with Crippen LogP contribution in [-0.2, 0) is 20.7 Å². The van der Waals surface area contributed by atoms with Crippen LogP contribution in [0.3, 0.4) is 0 Å². The Kier molecular flexibility index (Phi) is 5.52. The van der Waals surface area contributed by atoms with E-state index in [-0.39, 0.29) is 24.8 Å². The van der Waals surface area contributed by atoms with Crippen LogP contribution in [0.25, 0.3) is 10.9 Å². The average Bonchev–Trinajstić information content (AvgIpc) is 3.15. The van der Waals surface area contributed by atoms with Crippen molar-refractivity contribution >= 4 is 28.7 Å². The summed E-state index contributed by atoms with van der Waals surface area (Å²) in [6.45, 7) is 1.04. The van der Waals surface area contributed by atoms with Crippen LogP contribution in [0.5, 0.6) is 0 Å². The molecule has 1 aromatic carbocycles. The summed E-state index contributed by atoms with van der Waals surface area (Å²) in [5.74, 6) is -0.657. The molecule has 26 heavy (non-hydrogen) atoms. The van der Waals surface area contributed by atoms with Crippen molar-refractivity contribution in [2.75, 3.05) is 26.8 Å². The van der Waals surface area contributed by atoms with Crippen LogP contribution in [0.2, 0.25) is 0 Å². The number of H-pyrrole nitrogens is 1. The monoisotopic (exact) mass is 358 g/mol. The molecular formula is C18H22N4O4. The number of methoxy groups -OCH3 is 1. The van der Waals surface area contributed by atoms with Crippen molar-refractivity contribution in [2.24, 2.45) is 0 Å². The molecule has 3 rings (SSSR count). The molecule has 4 amide bonds. The minimum Gasteiger partial charge on any atom is -0.383 e. The summed E-state index contributed by atoms with van der Waals surface area (Å²) in [6.07, 6.45) is 2.37. The van der Waals surface area contributed by atoms with E-state index < -0.39 is 12.1 Å². The molecule has 0 unspecified atom stereocenters. The zero-order chi connectivity index (χ0) is 18.5. The smallest absolute Gasteiger partial charge is 0.324 e. The molecule has 0 aliphatic carbocycles. The number of ether oxygens (including phenoxy) is 1. The van der Waals surface area contributed by atoms with Crippen molar-refractivity contribution in [3.05, 3.63) is 36.0 Å². The number of amides is 4. The standard InChI is InChI=1S/C18H22N4O4/c1-26-9-7-19-16(23)10-15-17(24)22(18(25)21-15)8-6-12-11-20-14-5-3-2-4-13(12)14/h2-5,11,15,20H,6-10H2,1H3,(H,19,23)(H,21,25)/t15-/m0/s1. The summed E-state index contributed by atoms with van der Waals surface area (Å²) < 4.78 is 4.85. The number of aromatic nitrogens is 1. The molecule has 138 valence electrons. The normalized spacial score (nSPS) is 17.0. The Morgan fingerprint density at radius 2 is 2.12 bits per heavy atom. The molecule has 1 aliphatic rings. The number of fused-ring (bicyclic) bond motifs is 1. The van der Waals surface area contributed by atoms with Gasteiger partial charge >= 0.3 is 6.03 Å². The summed E-state index contributed by atoms with van der Waals surface area (Å²) in [5, 5.41) is 6.30. The zero-order valence-corrected chi connectivity index (χ0v) is 14.6. The lowest BCUT2D eigenvalue weighted by Crippen LogP contribution is -2.37. The van der Waals surface area contributed by atoms with E-state index in [1.54, 1.807) is 7.11 Å². The summed E-state index contributed by atoms with van der Waals surface area (Å²) in [5.41, 5.74) is 2.06. The van der Waals surface area contributed by atoms with Gasteiger partial charge in [0, 0.05) is 37.3 Å². The molecule has 0 saturated carbocycles. The lowest BCUT2D eigenvalue weighted by molar-refractivity contribution is -0.130. The molecule has 1 atom stereocenters. The number of rotatable bonds is 8. The number of carbonyl (C=O) groups is 3. The van der Waals surface area contributed by atoms with Crippen LogP contribution < -0.4 is 10.6 Å². The summed E-state index contributed by atoms with van der Waals surface area (Å²) in [6, 6.07) is 6.61. The summed E-state index contributed by atoms with van der Waals surface area (Å²) in [7, 11) is 1.54. The molecule has 1 saturated heterocycles. The molecule has 0 spiro atoms. The van der Waals surface area contributed by atoms with E-state index in [1.165, 1.54) is 4.90 Å². The van der Waals surface area contributed by atoms with Gasteiger partial charge < -0.3 is 20.4 Å². The second kappa shape index (κ2) is 8.01. The van der Waals surface area contributed by atoms with Gasteiger partial charge in [-0.2, -0.15) is 0 Å². The number of hydrogen-bond acceptors (Lipinski definition) is 4. The first-order valence-corrected chi connectivity index (χ1v) is 8.52. The molecule has 2 heterocycles. The Hall–Kier alpha value is -2.87. The Morgan fingerprint density at radius 1 is 1.31 bits per heavy atom. The SMILES string of the molecule is COCCNC(=O)C[C@@H]1NC(=O)N(CCc2c[nH]c3ccccc23)C1=O. The highest BCUT2D eigenvalue weighted by molar-refractivity contribution is 6.05. The molecule has 0 bridgehead atoms. The highest BCUT2D eigenvalue weighted by atomic mass is 16.5. The topological polar surface area (TPSA) is 104 Å². The summed E-state index contributed by atoms with van der Waals surface area (Å²) in [4.78, 5) is 40.7. The molecule has 2 aromatic rings. The first-order valence-electron chi connectivity index (χ1n) is 8.52. The van der Waals surface area contributed by atoms with Gasteiger partial charge in [0.05, 0.1) is 13.0 Å². The van der Waals surface area contributed by atoms with Crippen molar-refractivity contribution in [1.29, 1.82) is 0 Å². The predicted octanol–water partition coefficient (Wildman–Crippen LogP) is 0.784. The van der Waals surface area contributed by atoms with Crippen LogP contribution in [0.15, 0.2) is 30.5 Å². The Bertz CT molecular complexity index is 816. The van der Waals surface area contributed by atoms with Gasteiger partial charge in [-0.3, -0.25) is 14.5 Å². The number of nitrogens with zero attached hydrogens (tertiary/aromatic N) is 1. The molecule has 3 N–H and O–H groups in total. The number of benzene rings is 1. The fourth-order valence-electron chi connectivity index (χ4n) is 3.05. The van der Waals surface area contributed by atoms with Gasteiger partial charge in [0.2, 0.25) is 5.91 Å². The van der Waals surface area contributed by atoms with Crippen molar-refractivity contribution in [2.45, 2.75) is 18.9 Å². The third-order valence-corrected chi connectivity index (χ3v) is 4.40. The fourth-order valence-corrected chi connectivity index (χ4v) is 3.05. The molecule has 1 aliphatic heterocycles. The van der Waals surface area contributed by atoms with E-state index in [9.17, 15) is 14.4 Å². The second-order valence-corrected chi connectivity index (χ2v) is 6.15. The van der Waals surface area contributed by atoms with Gasteiger partial charge in [-0.25, -0.2) is 4.79 Å².